The number of rotatable bonds is 5. The second-order valence-electron chi connectivity index (χ2n) is 16.8. The summed E-state index contributed by atoms with van der Waals surface area (Å²) in [4.78, 5) is 16.3. The highest BCUT2D eigenvalue weighted by Crippen LogP contribution is 2.43. The molecular formula is C59H35N5O. The van der Waals surface area contributed by atoms with Crippen molar-refractivity contribution in [1.82, 2.24) is 24.1 Å². The highest BCUT2D eigenvalue weighted by Gasteiger charge is 2.24. The lowest BCUT2D eigenvalue weighted by atomic mass is 10.0. The summed E-state index contributed by atoms with van der Waals surface area (Å²) in [6.45, 7) is 0. The van der Waals surface area contributed by atoms with Crippen molar-refractivity contribution in [2.45, 2.75) is 0 Å². The lowest BCUT2D eigenvalue weighted by Gasteiger charge is -2.14. The molecule has 0 aliphatic carbocycles. The van der Waals surface area contributed by atoms with Gasteiger partial charge in [0, 0.05) is 54.8 Å². The lowest BCUT2D eigenvalue weighted by Crippen LogP contribution is -2.03. The molecular weight excluding hydrogens is 795 g/mol. The third-order valence-electron chi connectivity index (χ3n) is 13.1. The fourth-order valence-electron chi connectivity index (χ4n) is 10.2. The first-order valence-electron chi connectivity index (χ1n) is 21.9. The number of nitrogens with zero attached hydrogens (tertiary/aromatic N) is 5. The van der Waals surface area contributed by atoms with Crippen LogP contribution < -0.4 is 0 Å². The third kappa shape index (κ3) is 5.44. The van der Waals surface area contributed by atoms with E-state index in [0.29, 0.717) is 17.5 Å². The summed E-state index contributed by atoms with van der Waals surface area (Å²) in [5, 5.41) is 11.3. The van der Waals surface area contributed by atoms with Crippen LogP contribution >= 0.6 is 0 Å². The number of fused-ring (bicyclic) bond motifs is 11. The number of para-hydroxylation sites is 5. The number of hydrogen-bond donors (Lipinski definition) is 0. The quantitative estimate of drug-likeness (QED) is 0.173. The Morgan fingerprint density at radius 3 is 1.72 bits per heavy atom. The second-order valence-corrected chi connectivity index (χ2v) is 16.8. The molecule has 0 spiro atoms. The van der Waals surface area contributed by atoms with Gasteiger partial charge in [0.05, 0.1) is 27.6 Å². The van der Waals surface area contributed by atoms with Crippen LogP contribution in [0.4, 0.5) is 0 Å². The third-order valence-corrected chi connectivity index (χ3v) is 13.1. The van der Waals surface area contributed by atoms with Crippen molar-refractivity contribution in [3.8, 4) is 45.5 Å². The Hall–Kier alpha value is -8.87. The van der Waals surface area contributed by atoms with Crippen LogP contribution in [-0.2, 0) is 0 Å². The van der Waals surface area contributed by atoms with E-state index in [1.807, 2.05) is 12.1 Å². The molecule has 302 valence electrons. The van der Waals surface area contributed by atoms with Crippen molar-refractivity contribution in [3.05, 3.63) is 212 Å². The molecule has 4 heterocycles. The van der Waals surface area contributed by atoms with Gasteiger partial charge in [-0.3, -0.25) is 0 Å². The van der Waals surface area contributed by atoms with Gasteiger partial charge in [0.1, 0.15) is 11.2 Å². The van der Waals surface area contributed by atoms with E-state index in [0.717, 1.165) is 93.6 Å². The minimum Gasteiger partial charge on any atom is -0.455 e. The average Bonchev–Trinajstić information content (AvgIpc) is 4.03. The molecule has 0 saturated heterocycles. The van der Waals surface area contributed by atoms with Crippen LogP contribution in [0.2, 0.25) is 0 Å². The first-order valence-corrected chi connectivity index (χ1v) is 21.9. The van der Waals surface area contributed by atoms with Crippen LogP contribution in [0.3, 0.4) is 0 Å². The zero-order chi connectivity index (χ0) is 42.6. The van der Waals surface area contributed by atoms with Crippen molar-refractivity contribution in [1.29, 1.82) is 0 Å². The van der Waals surface area contributed by atoms with E-state index in [1.54, 1.807) is 0 Å². The Labute approximate surface area is 371 Å². The maximum Gasteiger partial charge on any atom is 0.167 e. The standard InChI is InChI=1S/C59H35N5O/c1-2-19-41(20-3-1)64-52-27-12-8-21-43(52)46-24-14-25-47(55(46)64)58-60-57(40-30-29-36-15-4-5-16-37(36)31-40)61-59(62-58)50-35-42(34-49-45-23-10-13-28-54(45)65-56(49)50)63-51-26-11-9-22-44(51)48-32-38-17-6-7-18-39(38)33-53(48)63/h1-35H. The average molecular weight is 830 g/mol. The van der Waals surface area contributed by atoms with E-state index in [2.05, 4.69) is 209 Å². The Kier molecular flexibility index (Phi) is 7.59. The van der Waals surface area contributed by atoms with Gasteiger partial charge in [0.2, 0.25) is 0 Å². The van der Waals surface area contributed by atoms with Gasteiger partial charge >= 0.3 is 0 Å². The van der Waals surface area contributed by atoms with Crippen molar-refractivity contribution in [2.75, 3.05) is 0 Å². The number of aromatic nitrogens is 5. The number of hydrogen-bond acceptors (Lipinski definition) is 4. The molecule has 0 saturated carbocycles. The topological polar surface area (TPSA) is 61.7 Å². The van der Waals surface area contributed by atoms with Gasteiger partial charge in [0.25, 0.3) is 0 Å². The van der Waals surface area contributed by atoms with Crippen molar-refractivity contribution in [3.63, 3.8) is 0 Å². The molecule has 10 aromatic carbocycles. The molecule has 6 nitrogen and oxygen atoms in total. The molecule has 14 rings (SSSR count). The first kappa shape index (κ1) is 35.7. The van der Waals surface area contributed by atoms with Gasteiger partial charge in [0.15, 0.2) is 17.5 Å². The molecule has 14 aromatic rings. The monoisotopic (exact) mass is 829 g/mol. The van der Waals surface area contributed by atoms with Gasteiger partial charge in [-0.2, -0.15) is 0 Å². The largest absolute Gasteiger partial charge is 0.455 e. The summed E-state index contributed by atoms with van der Waals surface area (Å²) in [5.74, 6) is 1.67. The van der Waals surface area contributed by atoms with Gasteiger partial charge in [-0.1, -0.05) is 146 Å². The second kappa shape index (κ2) is 13.8. The van der Waals surface area contributed by atoms with Crippen LogP contribution in [0, 0.1) is 0 Å². The maximum atomic E-state index is 6.87. The van der Waals surface area contributed by atoms with Crippen LogP contribution in [-0.4, -0.2) is 24.1 Å². The molecule has 0 amide bonds. The molecule has 0 bridgehead atoms. The molecule has 0 unspecified atom stereocenters. The lowest BCUT2D eigenvalue weighted by molar-refractivity contribution is 0.669. The van der Waals surface area contributed by atoms with E-state index in [9.17, 15) is 0 Å². The summed E-state index contributed by atoms with van der Waals surface area (Å²) < 4.78 is 11.6. The highest BCUT2D eigenvalue weighted by molar-refractivity contribution is 6.16. The van der Waals surface area contributed by atoms with Crippen molar-refractivity contribution in [2.24, 2.45) is 0 Å². The summed E-state index contributed by atoms with van der Waals surface area (Å²) in [6, 6.07) is 75.0. The predicted molar refractivity (Wildman–Crippen MR) is 267 cm³/mol. The van der Waals surface area contributed by atoms with Crippen molar-refractivity contribution < 1.29 is 4.42 Å². The minimum absolute atomic E-state index is 0.523. The normalized spacial score (nSPS) is 12.0. The Bertz CT molecular complexity index is 4250. The first-order chi connectivity index (χ1) is 32.2. The Morgan fingerprint density at radius 2 is 0.923 bits per heavy atom. The Morgan fingerprint density at radius 1 is 0.323 bits per heavy atom. The smallest absolute Gasteiger partial charge is 0.167 e. The summed E-state index contributed by atoms with van der Waals surface area (Å²) in [7, 11) is 0. The maximum absolute atomic E-state index is 6.87. The summed E-state index contributed by atoms with van der Waals surface area (Å²) in [5.41, 5.74) is 10.5. The predicted octanol–water partition coefficient (Wildman–Crippen LogP) is 15.3. The minimum atomic E-state index is 0.523. The molecule has 4 aromatic heterocycles. The van der Waals surface area contributed by atoms with Gasteiger partial charge < -0.3 is 13.6 Å². The van der Waals surface area contributed by atoms with E-state index in [4.69, 9.17) is 19.4 Å². The SMILES string of the molecule is c1ccc(-n2c3ccccc3c3cccc(-c4nc(-c5ccc6ccccc6c5)nc(-c5cc(-n6c7ccccc7c7cc8ccccc8cc76)cc6c5oc5ccccc56)n4)c32)cc1. The molecule has 0 atom stereocenters. The van der Waals surface area contributed by atoms with Crippen LogP contribution in [0.25, 0.3) is 133 Å². The number of benzene rings is 10. The van der Waals surface area contributed by atoms with Gasteiger partial charge in [-0.15, -0.1) is 0 Å². The fourth-order valence-corrected chi connectivity index (χ4v) is 10.2. The van der Waals surface area contributed by atoms with Crippen molar-refractivity contribution >= 4 is 87.1 Å². The van der Waals surface area contributed by atoms with Crippen LogP contribution in [0.1, 0.15) is 0 Å². The summed E-state index contributed by atoms with van der Waals surface area (Å²) in [6.07, 6.45) is 0. The van der Waals surface area contributed by atoms with E-state index in [-0.39, 0.29) is 0 Å². The zero-order valence-corrected chi connectivity index (χ0v) is 34.9. The van der Waals surface area contributed by atoms with E-state index >= 15 is 0 Å². The molecule has 0 N–H and O–H groups in total. The number of furan rings is 1. The van der Waals surface area contributed by atoms with Crippen LogP contribution in [0.5, 0.6) is 0 Å². The van der Waals surface area contributed by atoms with Gasteiger partial charge in [-0.25, -0.2) is 15.0 Å². The molecule has 0 radical (unpaired) electrons. The van der Waals surface area contributed by atoms with Gasteiger partial charge in [-0.05, 0) is 88.3 Å². The summed E-state index contributed by atoms with van der Waals surface area (Å²) >= 11 is 0. The van der Waals surface area contributed by atoms with Crippen LogP contribution in [0.15, 0.2) is 217 Å². The Balaban J connectivity index is 1.10. The zero-order valence-electron chi connectivity index (χ0n) is 34.9. The van der Waals surface area contributed by atoms with E-state index in [1.165, 1.54) is 21.5 Å². The molecule has 0 aliphatic heterocycles. The molecule has 0 aliphatic rings. The fraction of sp³-hybridized carbons (Fsp3) is 0. The molecule has 6 heteroatoms. The highest BCUT2D eigenvalue weighted by atomic mass is 16.3. The van der Waals surface area contributed by atoms with E-state index < -0.39 is 0 Å². The molecule has 65 heavy (non-hydrogen) atoms. The molecule has 0 fully saturated rings.